The number of carbonyl (C=O) groups is 1. The number of rotatable bonds is 5. The predicted octanol–water partition coefficient (Wildman–Crippen LogP) is 2.78. The number of benzene rings is 1. The van der Waals surface area contributed by atoms with Crippen molar-refractivity contribution in [2.45, 2.75) is 25.8 Å². The van der Waals surface area contributed by atoms with Crippen molar-refractivity contribution in [2.24, 2.45) is 0 Å². The van der Waals surface area contributed by atoms with Crippen LogP contribution in [0.2, 0.25) is 0 Å². The molecule has 21 heavy (non-hydrogen) atoms. The molecule has 3 rings (SSSR count). The molecule has 1 atom stereocenters. The summed E-state index contributed by atoms with van der Waals surface area (Å²) in [6.07, 6.45) is 2.76. The molecule has 3 N–H and O–H groups in total. The molecular weight excluding hydrogens is 268 g/mol. The number of carboxylic acid groups (broad SMARTS) is 1. The molecule has 0 spiro atoms. The molecule has 0 saturated heterocycles. The average molecular weight is 284 g/mol. The fraction of sp³-hybridized carbons (Fsp3) is 0.267. The average Bonchev–Trinajstić information content (AvgIpc) is 2.86. The number of para-hydroxylation sites is 1. The SMILES string of the molecule is CCCC(Nc1ncnc2[nH]c3ccccc3c12)C(=O)O. The van der Waals surface area contributed by atoms with Crippen LogP contribution in [-0.2, 0) is 4.79 Å². The third kappa shape index (κ3) is 2.40. The van der Waals surface area contributed by atoms with Gasteiger partial charge in [0.2, 0.25) is 0 Å². The van der Waals surface area contributed by atoms with Gasteiger partial charge in [-0.1, -0.05) is 31.5 Å². The van der Waals surface area contributed by atoms with Crippen LogP contribution in [0.4, 0.5) is 5.82 Å². The number of anilines is 1. The molecule has 2 heterocycles. The summed E-state index contributed by atoms with van der Waals surface area (Å²) in [6.45, 7) is 1.96. The lowest BCUT2D eigenvalue weighted by atomic mass is 10.1. The standard InChI is InChI=1S/C15H16N4O2/c1-2-5-11(15(20)21)19-14-12-9-6-3-4-7-10(9)18-13(12)16-8-17-14/h3-4,6-8,11H,2,5H2,1H3,(H,20,21)(H2,16,17,18,19). The van der Waals surface area contributed by atoms with Gasteiger partial charge < -0.3 is 15.4 Å². The van der Waals surface area contributed by atoms with Gasteiger partial charge in [-0.05, 0) is 12.5 Å². The molecule has 0 radical (unpaired) electrons. The summed E-state index contributed by atoms with van der Waals surface area (Å²) in [5, 5.41) is 14.1. The van der Waals surface area contributed by atoms with Crippen molar-refractivity contribution in [3.05, 3.63) is 30.6 Å². The van der Waals surface area contributed by atoms with Gasteiger partial charge in [-0.25, -0.2) is 14.8 Å². The molecule has 0 fully saturated rings. The van der Waals surface area contributed by atoms with Crippen molar-refractivity contribution >= 4 is 33.7 Å². The highest BCUT2D eigenvalue weighted by atomic mass is 16.4. The van der Waals surface area contributed by atoms with Gasteiger partial charge in [0.15, 0.2) is 0 Å². The van der Waals surface area contributed by atoms with Gasteiger partial charge in [0, 0.05) is 10.9 Å². The molecule has 2 aromatic heterocycles. The summed E-state index contributed by atoms with van der Waals surface area (Å²) >= 11 is 0. The van der Waals surface area contributed by atoms with Gasteiger partial charge in [0.05, 0.1) is 5.39 Å². The zero-order chi connectivity index (χ0) is 14.8. The second-order valence-corrected chi connectivity index (χ2v) is 4.94. The molecule has 1 unspecified atom stereocenters. The van der Waals surface area contributed by atoms with Gasteiger partial charge in [0.25, 0.3) is 0 Å². The minimum absolute atomic E-state index is 0.545. The number of fused-ring (bicyclic) bond motifs is 3. The maximum Gasteiger partial charge on any atom is 0.326 e. The lowest BCUT2D eigenvalue weighted by molar-refractivity contribution is -0.138. The maximum atomic E-state index is 11.3. The van der Waals surface area contributed by atoms with E-state index in [0.29, 0.717) is 17.9 Å². The smallest absolute Gasteiger partial charge is 0.326 e. The summed E-state index contributed by atoms with van der Waals surface area (Å²) < 4.78 is 0. The Morgan fingerprint density at radius 2 is 2.19 bits per heavy atom. The van der Waals surface area contributed by atoms with Gasteiger partial charge in [-0.15, -0.1) is 0 Å². The summed E-state index contributed by atoms with van der Waals surface area (Å²) in [5.74, 6) is -0.318. The van der Waals surface area contributed by atoms with Crippen molar-refractivity contribution in [3.8, 4) is 0 Å². The van der Waals surface area contributed by atoms with E-state index in [1.54, 1.807) is 0 Å². The maximum absolute atomic E-state index is 11.3. The van der Waals surface area contributed by atoms with Crippen LogP contribution in [0.25, 0.3) is 21.9 Å². The highest BCUT2D eigenvalue weighted by molar-refractivity contribution is 6.11. The fourth-order valence-electron chi connectivity index (χ4n) is 2.49. The van der Waals surface area contributed by atoms with Crippen LogP contribution < -0.4 is 5.32 Å². The number of hydrogen-bond acceptors (Lipinski definition) is 4. The zero-order valence-corrected chi connectivity index (χ0v) is 11.6. The highest BCUT2D eigenvalue weighted by Crippen LogP contribution is 2.29. The Bertz CT molecular complexity index is 797. The number of carboxylic acids is 1. The summed E-state index contributed by atoms with van der Waals surface area (Å²) in [4.78, 5) is 23.0. The van der Waals surface area contributed by atoms with E-state index in [4.69, 9.17) is 0 Å². The lowest BCUT2D eigenvalue weighted by Gasteiger charge is -2.14. The Morgan fingerprint density at radius 3 is 2.95 bits per heavy atom. The van der Waals surface area contributed by atoms with Crippen molar-refractivity contribution < 1.29 is 9.90 Å². The number of aromatic nitrogens is 3. The van der Waals surface area contributed by atoms with Crippen molar-refractivity contribution in [3.63, 3.8) is 0 Å². The number of hydrogen-bond donors (Lipinski definition) is 3. The van der Waals surface area contributed by atoms with Gasteiger partial charge in [-0.3, -0.25) is 0 Å². The Kier molecular flexibility index (Phi) is 3.43. The quantitative estimate of drug-likeness (QED) is 0.670. The van der Waals surface area contributed by atoms with Crippen molar-refractivity contribution in [1.82, 2.24) is 15.0 Å². The number of H-pyrrole nitrogens is 1. The lowest BCUT2D eigenvalue weighted by Crippen LogP contribution is -2.29. The van der Waals surface area contributed by atoms with Crippen LogP contribution in [0.3, 0.4) is 0 Å². The second kappa shape index (κ2) is 5.40. The zero-order valence-electron chi connectivity index (χ0n) is 11.6. The van der Waals surface area contributed by atoms with Gasteiger partial charge >= 0.3 is 5.97 Å². The van der Waals surface area contributed by atoms with E-state index in [1.807, 2.05) is 31.2 Å². The van der Waals surface area contributed by atoms with Crippen LogP contribution in [0.5, 0.6) is 0 Å². The molecule has 6 nitrogen and oxygen atoms in total. The van der Waals surface area contributed by atoms with E-state index in [0.717, 1.165) is 22.7 Å². The number of aliphatic carboxylic acids is 1. The Balaban J connectivity index is 2.11. The first-order valence-electron chi connectivity index (χ1n) is 6.91. The normalized spacial score (nSPS) is 12.6. The van der Waals surface area contributed by atoms with Crippen molar-refractivity contribution in [2.75, 3.05) is 5.32 Å². The van der Waals surface area contributed by atoms with Crippen LogP contribution in [0, 0.1) is 0 Å². The summed E-state index contributed by atoms with van der Waals surface area (Å²) in [6, 6.07) is 7.16. The van der Waals surface area contributed by atoms with Crippen LogP contribution in [0.1, 0.15) is 19.8 Å². The summed E-state index contributed by atoms with van der Waals surface area (Å²) in [7, 11) is 0. The van der Waals surface area contributed by atoms with Gasteiger partial charge in [0.1, 0.15) is 23.8 Å². The molecule has 6 heteroatoms. The van der Waals surface area contributed by atoms with Crippen LogP contribution >= 0.6 is 0 Å². The number of nitrogens with zero attached hydrogens (tertiary/aromatic N) is 2. The molecule has 0 amide bonds. The molecule has 0 aliphatic heterocycles. The largest absolute Gasteiger partial charge is 0.480 e. The molecule has 0 aliphatic rings. The minimum atomic E-state index is -0.872. The van der Waals surface area contributed by atoms with E-state index in [9.17, 15) is 9.90 Å². The molecule has 1 aromatic carbocycles. The first-order chi connectivity index (χ1) is 10.2. The monoisotopic (exact) mass is 284 g/mol. The van der Waals surface area contributed by atoms with E-state index < -0.39 is 12.0 Å². The molecule has 108 valence electrons. The first-order valence-corrected chi connectivity index (χ1v) is 6.91. The Labute approximate surface area is 121 Å². The van der Waals surface area contributed by atoms with Crippen molar-refractivity contribution in [1.29, 1.82) is 0 Å². The minimum Gasteiger partial charge on any atom is -0.480 e. The second-order valence-electron chi connectivity index (χ2n) is 4.94. The predicted molar refractivity (Wildman–Crippen MR) is 81.3 cm³/mol. The van der Waals surface area contributed by atoms with E-state index in [-0.39, 0.29) is 0 Å². The van der Waals surface area contributed by atoms with Crippen LogP contribution in [0.15, 0.2) is 30.6 Å². The number of nitrogens with one attached hydrogen (secondary N) is 2. The third-order valence-electron chi connectivity index (χ3n) is 3.48. The molecule has 3 aromatic rings. The highest BCUT2D eigenvalue weighted by Gasteiger charge is 2.19. The Hall–Kier alpha value is -2.63. The third-order valence-corrected chi connectivity index (χ3v) is 3.48. The molecule has 0 aliphatic carbocycles. The molecule has 0 saturated carbocycles. The van der Waals surface area contributed by atoms with Gasteiger partial charge in [-0.2, -0.15) is 0 Å². The Morgan fingerprint density at radius 1 is 1.38 bits per heavy atom. The molecule has 0 bridgehead atoms. The first kappa shape index (κ1) is 13.4. The summed E-state index contributed by atoms with van der Waals surface area (Å²) in [5.41, 5.74) is 1.66. The molecular formula is C15H16N4O2. The van der Waals surface area contributed by atoms with E-state index >= 15 is 0 Å². The van der Waals surface area contributed by atoms with E-state index in [2.05, 4.69) is 20.3 Å². The van der Waals surface area contributed by atoms with E-state index in [1.165, 1.54) is 6.33 Å². The fourth-order valence-corrected chi connectivity index (χ4v) is 2.49. The number of aromatic amines is 1. The topological polar surface area (TPSA) is 90.9 Å². The van der Waals surface area contributed by atoms with Crippen LogP contribution in [-0.4, -0.2) is 32.1 Å².